The van der Waals surface area contributed by atoms with Crippen molar-refractivity contribution in [1.82, 2.24) is 0 Å². The summed E-state index contributed by atoms with van der Waals surface area (Å²) in [5.74, 6) is 2.04. The van der Waals surface area contributed by atoms with Crippen molar-refractivity contribution >= 4 is 11.0 Å². The first-order chi connectivity index (χ1) is 12.6. The van der Waals surface area contributed by atoms with Gasteiger partial charge in [-0.25, -0.2) is 0 Å². The van der Waals surface area contributed by atoms with Gasteiger partial charge in [-0.3, -0.25) is 0 Å². The van der Waals surface area contributed by atoms with E-state index in [-0.39, 0.29) is 17.8 Å². The summed E-state index contributed by atoms with van der Waals surface area (Å²) in [6.07, 6.45) is 4.35. The molecule has 2 aliphatic heterocycles. The lowest BCUT2D eigenvalue weighted by Crippen LogP contribution is -2.24. The van der Waals surface area contributed by atoms with E-state index < -0.39 is 0 Å². The Balaban J connectivity index is 1.58. The highest BCUT2D eigenvalue weighted by molar-refractivity contribution is 5.81. The van der Waals surface area contributed by atoms with Crippen molar-refractivity contribution in [3.8, 4) is 17.2 Å². The number of benzene rings is 2. The number of fused-ring (bicyclic) bond motifs is 6. The van der Waals surface area contributed by atoms with Gasteiger partial charge in [0.05, 0.1) is 18.8 Å². The van der Waals surface area contributed by atoms with Crippen LogP contribution in [-0.2, 0) is 6.42 Å². The molecule has 2 aromatic carbocycles. The Morgan fingerprint density at radius 1 is 1.19 bits per heavy atom. The standard InChI is InChI=1S/C22H20O4/c1-12(2)3-4-14-18(23)6-5-15-21(14)25-11-17-16-9-13-7-8-24-19(13)10-20(16)26-22(15)17/h3,5-10,17,22-23H,4,11H2,1-2H3. The maximum atomic E-state index is 10.3. The zero-order valence-electron chi connectivity index (χ0n) is 14.8. The van der Waals surface area contributed by atoms with E-state index in [9.17, 15) is 5.11 Å². The predicted octanol–water partition coefficient (Wildman–Crippen LogP) is 5.26. The number of hydrogen-bond donors (Lipinski definition) is 1. The van der Waals surface area contributed by atoms with Crippen LogP contribution in [-0.4, -0.2) is 11.7 Å². The van der Waals surface area contributed by atoms with E-state index in [1.165, 1.54) is 5.57 Å². The molecule has 2 aliphatic rings. The summed E-state index contributed by atoms with van der Waals surface area (Å²) in [5.41, 5.74) is 5.04. The number of furan rings is 1. The second kappa shape index (κ2) is 5.56. The topological polar surface area (TPSA) is 51.8 Å². The first-order valence-corrected chi connectivity index (χ1v) is 8.90. The Labute approximate surface area is 151 Å². The molecule has 3 heterocycles. The number of ether oxygens (including phenoxy) is 2. The maximum absolute atomic E-state index is 10.3. The molecule has 3 aromatic rings. The molecular weight excluding hydrogens is 328 g/mol. The van der Waals surface area contributed by atoms with Crippen LogP contribution in [0, 0.1) is 0 Å². The highest BCUT2D eigenvalue weighted by atomic mass is 16.5. The van der Waals surface area contributed by atoms with Crippen molar-refractivity contribution in [2.75, 3.05) is 6.61 Å². The van der Waals surface area contributed by atoms with E-state index >= 15 is 0 Å². The molecule has 0 amide bonds. The SMILES string of the molecule is CC(C)=CCc1c(O)ccc2c1OCC1c3cc4ccoc4cc3OC21. The monoisotopic (exact) mass is 348 g/mol. The molecule has 0 spiro atoms. The molecule has 132 valence electrons. The quantitative estimate of drug-likeness (QED) is 0.642. The highest BCUT2D eigenvalue weighted by Gasteiger charge is 2.42. The van der Waals surface area contributed by atoms with E-state index in [0.29, 0.717) is 13.0 Å². The fourth-order valence-corrected chi connectivity index (χ4v) is 3.95. The molecule has 1 aromatic heterocycles. The third-order valence-electron chi connectivity index (χ3n) is 5.30. The Bertz CT molecular complexity index is 1040. The van der Waals surface area contributed by atoms with Gasteiger partial charge in [-0.1, -0.05) is 11.6 Å². The second-order valence-electron chi connectivity index (χ2n) is 7.27. The summed E-state index contributed by atoms with van der Waals surface area (Å²) in [5, 5.41) is 11.4. The van der Waals surface area contributed by atoms with Crippen molar-refractivity contribution in [2.45, 2.75) is 32.3 Å². The van der Waals surface area contributed by atoms with Crippen molar-refractivity contribution in [2.24, 2.45) is 0 Å². The van der Waals surface area contributed by atoms with Crippen molar-refractivity contribution < 1.29 is 19.0 Å². The fourth-order valence-electron chi connectivity index (χ4n) is 3.95. The van der Waals surface area contributed by atoms with E-state index in [1.807, 2.05) is 18.2 Å². The van der Waals surface area contributed by atoms with Crippen LogP contribution in [0.3, 0.4) is 0 Å². The van der Waals surface area contributed by atoms with Crippen LogP contribution >= 0.6 is 0 Å². The molecule has 26 heavy (non-hydrogen) atoms. The minimum atomic E-state index is -0.0914. The molecule has 2 unspecified atom stereocenters. The van der Waals surface area contributed by atoms with Crippen LogP contribution in [0.5, 0.6) is 17.2 Å². The van der Waals surface area contributed by atoms with Gasteiger partial charge in [-0.15, -0.1) is 0 Å². The summed E-state index contributed by atoms with van der Waals surface area (Å²) in [7, 11) is 0. The lowest BCUT2D eigenvalue weighted by atomic mass is 9.87. The molecule has 0 fully saturated rings. The minimum Gasteiger partial charge on any atom is -0.508 e. The smallest absolute Gasteiger partial charge is 0.138 e. The second-order valence-corrected chi connectivity index (χ2v) is 7.27. The van der Waals surface area contributed by atoms with Crippen LogP contribution in [0.15, 0.2) is 52.7 Å². The largest absolute Gasteiger partial charge is 0.508 e. The third-order valence-corrected chi connectivity index (χ3v) is 5.30. The zero-order valence-corrected chi connectivity index (χ0v) is 14.8. The van der Waals surface area contributed by atoms with Gasteiger partial charge in [0.2, 0.25) is 0 Å². The molecule has 0 radical (unpaired) electrons. The van der Waals surface area contributed by atoms with Gasteiger partial charge in [0.1, 0.15) is 28.9 Å². The van der Waals surface area contributed by atoms with Gasteiger partial charge in [0.15, 0.2) is 0 Å². The lowest BCUT2D eigenvalue weighted by molar-refractivity contribution is 0.138. The van der Waals surface area contributed by atoms with Gasteiger partial charge in [-0.2, -0.15) is 0 Å². The molecular formula is C22H20O4. The average molecular weight is 348 g/mol. The minimum absolute atomic E-state index is 0.0914. The van der Waals surface area contributed by atoms with E-state index in [2.05, 4.69) is 26.0 Å². The van der Waals surface area contributed by atoms with Crippen LogP contribution in [0.1, 0.15) is 42.6 Å². The number of allylic oxidation sites excluding steroid dienone is 2. The Morgan fingerprint density at radius 2 is 2.08 bits per heavy atom. The van der Waals surface area contributed by atoms with Crippen molar-refractivity contribution in [3.63, 3.8) is 0 Å². The van der Waals surface area contributed by atoms with Crippen LogP contribution in [0.4, 0.5) is 0 Å². The highest BCUT2D eigenvalue weighted by Crippen LogP contribution is 2.53. The zero-order chi connectivity index (χ0) is 17.8. The molecule has 0 aliphatic carbocycles. The number of aromatic hydroxyl groups is 1. The molecule has 0 bridgehead atoms. The maximum Gasteiger partial charge on any atom is 0.138 e. The summed E-state index contributed by atoms with van der Waals surface area (Å²) < 4.78 is 17.9. The molecule has 1 N–H and O–H groups in total. The fraction of sp³-hybridized carbons (Fsp3) is 0.273. The number of phenolic OH excluding ortho intramolecular Hbond substituents is 1. The van der Waals surface area contributed by atoms with Gasteiger partial charge in [-0.05, 0) is 44.5 Å². The molecule has 0 saturated heterocycles. The van der Waals surface area contributed by atoms with Crippen LogP contribution in [0.25, 0.3) is 11.0 Å². The summed E-state index contributed by atoms with van der Waals surface area (Å²) >= 11 is 0. The van der Waals surface area contributed by atoms with Gasteiger partial charge in [0, 0.05) is 28.1 Å². The van der Waals surface area contributed by atoms with E-state index in [0.717, 1.165) is 39.2 Å². The van der Waals surface area contributed by atoms with Crippen LogP contribution in [0.2, 0.25) is 0 Å². The molecule has 4 heteroatoms. The number of phenols is 1. The lowest BCUT2D eigenvalue weighted by Gasteiger charge is -2.29. The van der Waals surface area contributed by atoms with Crippen molar-refractivity contribution in [3.05, 3.63) is 64.9 Å². The van der Waals surface area contributed by atoms with Crippen molar-refractivity contribution in [1.29, 1.82) is 0 Å². The summed E-state index contributed by atoms with van der Waals surface area (Å²) in [6, 6.07) is 9.74. The first-order valence-electron chi connectivity index (χ1n) is 8.90. The Kier molecular flexibility index (Phi) is 3.29. The molecule has 2 atom stereocenters. The average Bonchev–Trinajstić information content (AvgIpc) is 3.21. The van der Waals surface area contributed by atoms with Gasteiger partial charge >= 0.3 is 0 Å². The number of hydrogen-bond acceptors (Lipinski definition) is 4. The molecule has 5 rings (SSSR count). The third kappa shape index (κ3) is 2.22. The van der Waals surface area contributed by atoms with E-state index in [1.54, 1.807) is 12.3 Å². The normalized spacial score (nSPS) is 19.9. The van der Waals surface area contributed by atoms with Gasteiger partial charge in [0.25, 0.3) is 0 Å². The van der Waals surface area contributed by atoms with Crippen LogP contribution < -0.4 is 9.47 Å². The predicted molar refractivity (Wildman–Crippen MR) is 99.1 cm³/mol. The molecule has 0 saturated carbocycles. The summed E-state index contributed by atoms with van der Waals surface area (Å²) in [4.78, 5) is 0. The molecule has 4 nitrogen and oxygen atoms in total. The van der Waals surface area contributed by atoms with Gasteiger partial charge < -0.3 is 19.0 Å². The Morgan fingerprint density at radius 3 is 2.92 bits per heavy atom. The van der Waals surface area contributed by atoms with E-state index in [4.69, 9.17) is 13.9 Å². The number of rotatable bonds is 2. The summed E-state index contributed by atoms with van der Waals surface area (Å²) in [6.45, 7) is 4.64. The first kappa shape index (κ1) is 15.4. The Hall–Kier alpha value is -2.88.